The van der Waals surface area contributed by atoms with E-state index < -0.39 is 16.2 Å². The average molecular weight is 456 g/mol. The summed E-state index contributed by atoms with van der Waals surface area (Å²) in [6.45, 7) is -0.238. The van der Waals surface area contributed by atoms with Crippen LogP contribution < -0.4 is 5.56 Å². The molecule has 2 aromatic heterocycles. The third-order valence-electron chi connectivity index (χ3n) is 4.05. The molecule has 0 saturated heterocycles. The molecule has 0 fully saturated rings. The van der Waals surface area contributed by atoms with E-state index in [0.29, 0.717) is 11.5 Å². The van der Waals surface area contributed by atoms with Crippen LogP contribution in [0.3, 0.4) is 0 Å². The Hall–Kier alpha value is -3.48. The number of ether oxygens (including phenoxy) is 1. The molecule has 0 amide bonds. The molecule has 0 saturated carbocycles. The lowest BCUT2D eigenvalue weighted by molar-refractivity contribution is -0.386. The zero-order valence-electron chi connectivity index (χ0n) is 15.1. The molecule has 0 spiro atoms. The first-order valence-electron chi connectivity index (χ1n) is 8.31. The highest BCUT2D eigenvalue weighted by Crippen LogP contribution is 2.28. The van der Waals surface area contributed by atoms with Gasteiger partial charge in [-0.2, -0.15) is 5.26 Å². The second-order valence-electron chi connectivity index (χ2n) is 5.92. The first kappa shape index (κ1) is 20.3. The Kier molecular flexibility index (Phi) is 6.07. The van der Waals surface area contributed by atoms with Crippen LogP contribution in [-0.2, 0) is 11.3 Å². The number of nitrogens with one attached hydrogen (secondary N) is 1. The highest BCUT2D eigenvalue weighted by atomic mass is 79.9. The number of nitro groups is 1. The minimum atomic E-state index is -0.723. The van der Waals surface area contributed by atoms with Crippen LogP contribution in [0.5, 0.6) is 0 Å². The molecule has 1 aromatic carbocycles. The summed E-state index contributed by atoms with van der Waals surface area (Å²) < 4.78 is 11.6. The van der Waals surface area contributed by atoms with E-state index in [2.05, 4.69) is 20.9 Å². The number of furan rings is 1. The fraction of sp³-hybridized carbons (Fsp3) is 0.100. The Morgan fingerprint density at radius 2 is 2.14 bits per heavy atom. The SMILES string of the molecule is COCc1c([N+](=O)[O-])c(C=Cc2ccc(-c3cccc(Br)c3)o2)[nH]c(=O)c1C#N. The fourth-order valence-corrected chi connectivity index (χ4v) is 3.20. The van der Waals surface area contributed by atoms with Gasteiger partial charge in [-0.05, 0) is 36.4 Å². The molecule has 0 aliphatic heterocycles. The molecule has 0 radical (unpaired) electrons. The van der Waals surface area contributed by atoms with E-state index in [4.69, 9.17) is 9.15 Å². The summed E-state index contributed by atoms with van der Waals surface area (Å²) in [6.07, 6.45) is 2.87. The Bertz CT molecular complexity index is 1200. The topological polar surface area (TPSA) is 122 Å². The van der Waals surface area contributed by atoms with Gasteiger partial charge in [0, 0.05) is 17.1 Å². The molecule has 2 heterocycles. The first-order valence-corrected chi connectivity index (χ1v) is 9.10. The zero-order valence-corrected chi connectivity index (χ0v) is 16.7. The van der Waals surface area contributed by atoms with Crippen LogP contribution in [0.15, 0.2) is 50.1 Å². The van der Waals surface area contributed by atoms with Crippen LogP contribution in [0.1, 0.15) is 22.6 Å². The number of aromatic amines is 1. The number of methoxy groups -OCH3 is 1. The second-order valence-corrected chi connectivity index (χ2v) is 6.83. The fourth-order valence-electron chi connectivity index (χ4n) is 2.80. The molecule has 0 aliphatic carbocycles. The van der Waals surface area contributed by atoms with Gasteiger partial charge in [0.2, 0.25) is 0 Å². The van der Waals surface area contributed by atoms with Gasteiger partial charge >= 0.3 is 0 Å². The van der Waals surface area contributed by atoms with Crippen molar-refractivity contribution in [3.05, 3.63) is 83.9 Å². The Balaban J connectivity index is 2.02. The molecule has 1 N–H and O–H groups in total. The molecule has 8 nitrogen and oxygen atoms in total. The van der Waals surface area contributed by atoms with Crippen LogP contribution in [0.4, 0.5) is 5.69 Å². The summed E-state index contributed by atoms with van der Waals surface area (Å²) in [5.74, 6) is 1.06. The van der Waals surface area contributed by atoms with Gasteiger partial charge in [0.1, 0.15) is 28.8 Å². The first-order chi connectivity index (χ1) is 13.9. The lowest BCUT2D eigenvalue weighted by atomic mass is 10.1. The number of hydrogen-bond donors (Lipinski definition) is 1. The van der Waals surface area contributed by atoms with E-state index >= 15 is 0 Å². The van der Waals surface area contributed by atoms with Crippen molar-refractivity contribution in [2.45, 2.75) is 6.61 Å². The Morgan fingerprint density at radius 1 is 1.34 bits per heavy atom. The minimum Gasteiger partial charge on any atom is -0.457 e. The Labute approximate surface area is 173 Å². The molecule has 9 heteroatoms. The lowest BCUT2D eigenvalue weighted by Gasteiger charge is -2.06. The number of nitriles is 1. The molecule has 29 heavy (non-hydrogen) atoms. The quantitative estimate of drug-likeness (QED) is 0.431. The predicted molar refractivity (Wildman–Crippen MR) is 110 cm³/mol. The van der Waals surface area contributed by atoms with Crippen molar-refractivity contribution in [1.82, 2.24) is 4.98 Å². The monoisotopic (exact) mass is 455 g/mol. The van der Waals surface area contributed by atoms with E-state index in [9.17, 15) is 20.2 Å². The maximum Gasteiger partial charge on any atom is 0.299 e. The molecule has 0 unspecified atom stereocenters. The van der Waals surface area contributed by atoms with Crippen molar-refractivity contribution in [3.63, 3.8) is 0 Å². The van der Waals surface area contributed by atoms with Crippen molar-refractivity contribution in [3.8, 4) is 17.4 Å². The number of hydrogen-bond acceptors (Lipinski definition) is 6. The normalized spacial score (nSPS) is 10.9. The molecular weight excluding hydrogens is 442 g/mol. The molecule has 0 atom stereocenters. The number of benzene rings is 1. The van der Waals surface area contributed by atoms with Crippen molar-refractivity contribution in [2.75, 3.05) is 7.11 Å². The summed E-state index contributed by atoms with van der Waals surface area (Å²) in [5, 5.41) is 20.8. The van der Waals surface area contributed by atoms with Gasteiger partial charge < -0.3 is 14.1 Å². The highest BCUT2D eigenvalue weighted by molar-refractivity contribution is 9.10. The standard InChI is InChI=1S/C20H14BrN3O5/c1-28-11-16-15(10-22)20(25)23-17(19(16)24(26)27)7-5-14-6-8-18(29-14)12-3-2-4-13(21)9-12/h2-9H,11H2,1H3,(H,23,25). The van der Waals surface area contributed by atoms with Crippen LogP contribution in [0.25, 0.3) is 23.5 Å². The van der Waals surface area contributed by atoms with Crippen molar-refractivity contribution in [2.24, 2.45) is 0 Å². The Morgan fingerprint density at radius 3 is 2.79 bits per heavy atom. The van der Waals surface area contributed by atoms with Crippen LogP contribution >= 0.6 is 15.9 Å². The van der Waals surface area contributed by atoms with Gasteiger partial charge in [0.15, 0.2) is 0 Å². The van der Waals surface area contributed by atoms with Gasteiger partial charge in [0.05, 0.1) is 17.1 Å². The summed E-state index contributed by atoms with van der Waals surface area (Å²) >= 11 is 3.40. The third kappa shape index (κ3) is 4.34. The van der Waals surface area contributed by atoms with Crippen LogP contribution in [0, 0.1) is 21.4 Å². The summed E-state index contributed by atoms with van der Waals surface area (Å²) in [7, 11) is 1.33. The van der Waals surface area contributed by atoms with Crippen LogP contribution in [0.2, 0.25) is 0 Å². The largest absolute Gasteiger partial charge is 0.457 e. The molecule has 3 aromatic rings. The summed E-state index contributed by atoms with van der Waals surface area (Å²) in [4.78, 5) is 25.5. The average Bonchev–Trinajstić information content (AvgIpc) is 3.15. The van der Waals surface area contributed by atoms with Gasteiger partial charge in [-0.1, -0.05) is 28.1 Å². The van der Waals surface area contributed by atoms with Crippen LogP contribution in [-0.4, -0.2) is 17.0 Å². The summed E-state index contributed by atoms with van der Waals surface area (Å²) in [6, 6.07) is 12.7. The van der Waals surface area contributed by atoms with Crippen molar-refractivity contribution >= 4 is 33.8 Å². The maximum absolute atomic E-state index is 12.2. The number of rotatable bonds is 6. The maximum atomic E-state index is 12.2. The molecule has 0 bridgehead atoms. The minimum absolute atomic E-state index is 0.0496. The number of H-pyrrole nitrogens is 1. The van der Waals surface area contributed by atoms with E-state index in [-0.39, 0.29) is 23.4 Å². The van der Waals surface area contributed by atoms with Crippen molar-refractivity contribution in [1.29, 1.82) is 5.26 Å². The van der Waals surface area contributed by atoms with E-state index in [1.54, 1.807) is 18.2 Å². The molecule has 3 rings (SSSR count). The second kappa shape index (κ2) is 8.68. The van der Waals surface area contributed by atoms with Gasteiger partial charge in [-0.15, -0.1) is 0 Å². The van der Waals surface area contributed by atoms with Gasteiger partial charge in [-0.3, -0.25) is 14.9 Å². The highest BCUT2D eigenvalue weighted by Gasteiger charge is 2.25. The number of nitrogens with zero attached hydrogens (tertiary/aromatic N) is 2. The number of pyridine rings is 1. The zero-order chi connectivity index (χ0) is 21.0. The lowest BCUT2D eigenvalue weighted by Crippen LogP contribution is -2.18. The molecule has 146 valence electrons. The van der Waals surface area contributed by atoms with E-state index in [1.165, 1.54) is 19.3 Å². The summed E-state index contributed by atoms with van der Waals surface area (Å²) in [5.41, 5.74) is -0.717. The molecule has 0 aliphatic rings. The number of aromatic nitrogens is 1. The van der Waals surface area contributed by atoms with E-state index in [1.807, 2.05) is 24.3 Å². The predicted octanol–water partition coefficient (Wildman–Crippen LogP) is 4.49. The van der Waals surface area contributed by atoms with E-state index in [0.717, 1.165) is 10.0 Å². The molecular formula is C20H14BrN3O5. The third-order valence-corrected chi connectivity index (χ3v) is 4.54. The smallest absolute Gasteiger partial charge is 0.299 e. The van der Waals surface area contributed by atoms with Crippen molar-refractivity contribution < 1.29 is 14.1 Å². The van der Waals surface area contributed by atoms with Gasteiger partial charge in [0.25, 0.3) is 11.2 Å². The van der Waals surface area contributed by atoms with Gasteiger partial charge in [-0.25, -0.2) is 0 Å². The number of halogens is 1.